The number of nitrogens with one attached hydrogen (secondary N) is 1. The van der Waals surface area contributed by atoms with Crippen molar-refractivity contribution in [3.63, 3.8) is 0 Å². The van der Waals surface area contributed by atoms with Crippen LogP contribution in [0.5, 0.6) is 5.75 Å². The summed E-state index contributed by atoms with van der Waals surface area (Å²) in [4.78, 5) is 4.14. The van der Waals surface area contributed by atoms with E-state index >= 15 is 0 Å². The molecule has 0 fully saturated rings. The van der Waals surface area contributed by atoms with Crippen molar-refractivity contribution >= 4 is 0 Å². The fraction of sp³-hybridized carbons (Fsp3) is 0.389. The first-order valence-corrected chi connectivity index (χ1v) is 7.43. The second-order valence-corrected chi connectivity index (χ2v) is 5.36. The standard InChI is InChI=1S/C18H24N2O/c1-5-20-17(16-8-9-19-12-18(16)21-4)11-15-10-13(2)6-7-14(15)3/h6-10,12,17,20H,5,11H2,1-4H3. The van der Waals surface area contributed by atoms with Crippen LogP contribution in [0.25, 0.3) is 0 Å². The molecule has 2 aromatic rings. The summed E-state index contributed by atoms with van der Waals surface area (Å²) >= 11 is 0. The molecule has 21 heavy (non-hydrogen) atoms. The van der Waals surface area contributed by atoms with Crippen molar-refractivity contribution < 1.29 is 4.74 Å². The first-order valence-electron chi connectivity index (χ1n) is 7.43. The quantitative estimate of drug-likeness (QED) is 0.880. The lowest BCUT2D eigenvalue weighted by atomic mass is 9.95. The number of aromatic nitrogens is 1. The van der Waals surface area contributed by atoms with Crippen LogP contribution in [0.4, 0.5) is 0 Å². The molecule has 3 heteroatoms. The van der Waals surface area contributed by atoms with Gasteiger partial charge in [0.05, 0.1) is 13.3 Å². The topological polar surface area (TPSA) is 34.2 Å². The van der Waals surface area contributed by atoms with Crippen LogP contribution < -0.4 is 10.1 Å². The predicted octanol–water partition coefficient (Wildman–Crippen LogP) is 3.60. The monoisotopic (exact) mass is 284 g/mol. The first kappa shape index (κ1) is 15.5. The molecule has 2 rings (SSSR count). The summed E-state index contributed by atoms with van der Waals surface area (Å²) in [6.07, 6.45) is 4.55. The van der Waals surface area contributed by atoms with E-state index in [-0.39, 0.29) is 6.04 Å². The minimum atomic E-state index is 0.230. The summed E-state index contributed by atoms with van der Waals surface area (Å²) in [6.45, 7) is 7.35. The molecule has 1 heterocycles. The van der Waals surface area contributed by atoms with Crippen LogP contribution in [0.15, 0.2) is 36.7 Å². The van der Waals surface area contributed by atoms with Crippen LogP contribution in [0, 0.1) is 13.8 Å². The van der Waals surface area contributed by atoms with E-state index in [1.807, 2.05) is 12.3 Å². The van der Waals surface area contributed by atoms with Gasteiger partial charge in [-0.3, -0.25) is 4.98 Å². The minimum Gasteiger partial charge on any atom is -0.495 e. The van der Waals surface area contributed by atoms with E-state index in [0.29, 0.717) is 0 Å². The SMILES string of the molecule is CCNC(Cc1cc(C)ccc1C)c1ccncc1OC. The van der Waals surface area contributed by atoms with Crippen LogP contribution >= 0.6 is 0 Å². The second-order valence-electron chi connectivity index (χ2n) is 5.36. The highest BCUT2D eigenvalue weighted by Crippen LogP contribution is 2.27. The average molecular weight is 284 g/mol. The number of ether oxygens (including phenoxy) is 1. The van der Waals surface area contributed by atoms with Crippen molar-refractivity contribution in [1.29, 1.82) is 0 Å². The van der Waals surface area contributed by atoms with Gasteiger partial charge in [-0.2, -0.15) is 0 Å². The maximum absolute atomic E-state index is 5.46. The predicted molar refractivity (Wildman–Crippen MR) is 86.8 cm³/mol. The Morgan fingerprint density at radius 3 is 2.76 bits per heavy atom. The molecule has 0 spiro atoms. The highest BCUT2D eigenvalue weighted by atomic mass is 16.5. The van der Waals surface area contributed by atoms with Crippen LogP contribution in [0.2, 0.25) is 0 Å². The van der Waals surface area contributed by atoms with Crippen molar-refractivity contribution in [3.8, 4) is 5.75 Å². The Bertz CT molecular complexity index is 596. The third-order valence-corrected chi connectivity index (χ3v) is 3.79. The molecule has 0 aliphatic carbocycles. The Balaban J connectivity index is 2.33. The molecule has 1 aromatic heterocycles. The summed E-state index contributed by atoms with van der Waals surface area (Å²) in [5.41, 5.74) is 5.17. The van der Waals surface area contributed by atoms with Crippen molar-refractivity contribution in [2.45, 2.75) is 33.2 Å². The van der Waals surface area contributed by atoms with Gasteiger partial charge in [0.1, 0.15) is 5.75 Å². The molecule has 0 saturated carbocycles. The van der Waals surface area contributed by atoms with E-state index in [9.17, 15) is 0 Å². The maximum Gasteiger partial charge on any atom is 0.141 e. The summed E-state index contributed by atoms with van der Waals surface area (Å²) in [5, 5.41) is 3.56. The molecule has 1 aromatic carbocycles. The lowest BCUT2D eigenvalue weighted by Crippen LogP contribution is -2.24. The zero-order valence-electron chi connectivity index (χ0n) is 13.3. The number of hydrogen-bond donors (Lipinski definition) is 1. The number of rotatable bonds is 6. The zero-order valence-corrected chi connectivity index (χ0v) is 13.3. The third-order valence-electron chi connectivity index (χ3n) is 3.79. The van der Waals surface area contributed by atoms with Crippen LogP contribution in [0.1, 0.15) is 35.2 Å². The van der Waals surface area contributed by atoms with Gasteiger partial charge in [-0.25, -0.2) is 0 Å². The summed E-state index contributed by atoms with van der Waals surface area (Å²) in [7, 11) is 1.70. The Kier molecular flexibility index (Phi) is 5.34. The molecule has 0 aliphatic rings. The maximum atomic E-state index is 5.46. The summed E-state index contributed by atoms with van der Waals surface area (Å²) < 4.78 is 5.46. The van der Waals surface area contributed by atoms with E-state index in [1.165, 1.54) is 16.7 Å². The smallest absolute Gasteiger partial charge is 0.141 e. The molecular formula is C18H24N2O. The van der Waals surface area contributed by atoms with Gasteiger partial charge in [0, 0.05) is 17.8 Å². The van der Waals surface area contributed by atoms with E-state index in [1.54, 1.807) is 13.3 Å². The highest BCUT2D eigenvalue weighted by molar-refractivity contribution is 5.37. The normalized spacial score (nSPS) is 12.2. The fourth-order valence-electron chi connectivity index (χ4n) is 2.63. The Labute approximate surface area is 127 Å². The highest BCUT2D eigenvalue weighted by Gasteiger charge is 2.16. The third kappa shape index (κ3) is 3.82. The van der Waals surface area contributed by atoms with Gasteiger partial charge in [-0.1, -0.05) is 30.7 Å². The van der Waals surface area contributed by atoms with Crippen molar-refractivity contribution in [2.75, 3.05) is 13.7 Å². The zero-order chi connectivity index (χ0) is 15.2. The van der Waals surface area contributed by atoms with Crippen molar-refractivity contribution in [2.24, 2.45) is 0 Å². The molecule has 0 aliphatic heterocycles. The number of pyridine rings is 1. The number of nitrogens with zero attached hydrogens (tertiary/aromatic N) is 1. The number of methoxy groups -OCH3 is 1. The molecule has 0 bridgehead atoms. The average Bonchev–Trinajstić information content (AvgIpc) is 2.50. The van der Waals surface area contributed by atoms with E-state index in [2.05, 4.69) is 49.3 Å². The Hall–Kier alpha value is -1.87. The lowest BCUT2D eigenvalue weighted by Gasteiger charge is -2.21. The molecule has 0 radical (unpaired) electrons. The summed E-state index contributed by atoms with van der Waals surface area (Å²) in [6, 6.07) is 8.89. The minimum absolute atomic E-state index is 0.230. The lowest BCUT2D eigenvalue weighted by molar-refractivity contribution is 0.397. The number of benzene rings is 1. The molecule has 1 atom stereocenters. The van der Waals surface area contributed by atoms with E-state index in [4.69, 9.17) is 4.74 Å². The number of hydrogen-bond acceptors (Lipinski definition) is 3. The fourth-order valence-corrected chi connectivity index (χ4v) is 2.63. The van der Waals surface area contributed by atoms with Crippen molar-refractivity contribution in [1.82, 2.24) is 10.3 Å². The van der Waals surface area contributed by atoms with Crippen LogP contribution in [0.3, 0.4) is 0 Å². The summed E-state index contributed by atoms with van der Waals surface area (Å²) in [5.74, 6) is 0.841. The Morgan fingerprint density at radius 1 is 1.24 bits per heavy atom. The van der Waals surface area contributed by atoms with Gasteiger partial charge in [0.2, 0.25) is 0 Å². The van der Waals surface area contributed by atoms with E-state index < -0.39 is 0 Å². The van der Waals surface area contributed by atoms with Crippen molar-refractivity contribution in [3.05, 3.63) is 58.9 Å². The molecule has 0 amide bonds. The molecule has 0 saturated heterocycles. The number of likely N-dealkylation sites (N-methyl/N-ethyl adjacent to an activating group) is 1. The van der Waals surface area contributed by atoms with Gasteiger partial charge in [-0.15, -0.1) is 0 Å². The Morgan fingerprint density at radius 2 is 2.05 bits per heavy atom. The molecule has 1 unspecified atom stereocenters. The van der Waals surface area contributed by atoms with Gasteiger partial charge < -0.3 is 10.1 Å². The molecule has 3 nitrogen and oxygen atoms in total. The second kappa shape index (κ2) is 7.23. The van der Waals surface area contributed by atoms with Gasteiger partial charge in [0.25, 0.3) is 0 Å². The number of aryl methyl sites for hydroxylation is 2. The van der Waals surface area contributed by atoms with Crippen LogP contribution in [-0.2, 0) is 6.42 Å². The first-order chi connectivity index (χ1) is 10.2. The largest absolute Gasteiger partial charge is 0.495 e. The van der Waals surface area contributed by atoms with E-state index in [0.717, 1.165) is 24.3 Å². The van der Waals surface area contributed by atoms with Gasteiger partial charge >= 0.3 is 0 Å². The molecule has 112 valence electrons. The van der Waals surface area contributed by atoms with Gasteiger partial charge in [-0.05, 0) is 44.0 Å². The van der Waals surface area contributed by atoms with Crippen LogP contribution in [-0.4, -0.2) is 18.6 Å². The van der Waals surface area contributed by atoms with Gasteiger partial charge in [0.15, 0.2) is 0 Å². The molecule has 1 N–H and O–H groups in total. The molecular weight excluding hydrogens is 260 g/mol.